The van der Waals surface area contributed by atoms with Crippen LogP contribution in [0.2, 0.25) is 0 Å². The first kappa shape index (κ1) is 16.6. The maximum absolute atomic E-state index is 11.0. The summed E-state index contributed by atoms with van der Waals surface area (Å²) in [7, 11) is 0. The molecule has 0 saturated carbocycles. The second kappa shape index (κ2) is 7.03. The summed E-state index contributed by atoms with van der Waals surface area (Å²) in [6, 6.07) is 7.85. The Hall–Kier alpha value is -3.72. The van der Waals surface area contributed by atoms with Crippen molar-refractivity contribution in [1.82, 2.24) is 0 Å². The minimum absolute atomic E-state index is 0.0863. The molecule has 0 bridgehead atoms. The van der Waals surface area contributed by atoms with Crippen molar-refractivity contribution in [1.29, 1.82) is 0 Å². The molecule has 6 nitrogen and oxygen atoms in total. The van der Waals surface area contributed by atoms with Gasteiger partial charge in [0.15, 0.2) is 0 Å². The topological polar surface area (TPSA) is 109 Å². The molecule has 0 amide bonds. The van der Waals surface area contributed by atoms with Gasteiger partial charge in [-0.2, -0.15) is 0 Å². The average Bonchev–Trinajstić information content (AvgIpc) is 2.59. The molecule has 2 aromatic carbocycles. The molecule has 0 fully saturated rings. The molecular formula is C18H10O6. The molecule has 0 aromatic heterocycles. The zero-order valence-corrected chi connectivity index (χ0v) is 12.1. The monoisotopic (exact) mass is 322 g/mol. The Morgan fingerprint density at radius 1 is 0.708 bits per heavy atom. The van der Waals surface area contributed by atoms with Crippen LogP contribution in [0.1, 0.15) is 52.6 Å². The van der Waals surface area contributed by atoms with Crippen molar-refractivity contribution in [2.45, 2.75) is 0 Å². The Morgan fingerprint density at radius 3 is 1.38 bits per heavy atom. The number of aldehydes is 2. The van der Waals surface area contributed by atoms with E-state index in [2.05, 4.69) is 11.8 Å². The Kier molecular flexibility index (Phi) is 4.87. The van der Waals surface area contributed by atoms with Crippen LogP contribution in [-0.2, 0) is 0 Å². The van der Waals surface area contributed by atoms with E-state index in [9.17, 15) is 19.2 Å². The van der Waals surface area contributed by atoms with E-state index in [1.54, 1.807) is 0 Å². The lowest BCUT2D eigenvalue weighted by molar-refractivity contribution is 0.0686. The predicted octanol–water partition coefficient (Wildman–Crippen LogP) is 2.11. The number of benzene rings is 2. The van der Waals surface area contributed by atoms with Crippen LogP contribution in [0.3, 0.4) is 0 Å². The van der Waals surface area contributed by atoms with E-state index in [0.29, 0.717) is 12.6 Å². The van der Waals surface area contributed by atoms with E-state index in [0.717, 1.165) is 0 Å². The van der Waals surface area contributed by atoms with E-state index >= 15 is 0 Å². The number of carbonyl (C=O) groups excluding carboxylic acids is 2. The molecule has 0 saturated heterocycles. The smallest absolute Gasteiger partial charge is 0.335 e. The van der Waals surface area contributed by atoms with E-state index in [1.807, 2.05) is 0 Å². The van der Waals surface area contributed by atoms with Gasteiger partial charge in [0.1, 0.15) is 12.6 Å². The fourth-order valence-corrected chi connectivity index (χ4v) is 1.98. The summed E-state index contributed by atoms with van der Waals surface area (Å²) < 4.78 is 0. The predicted molar refractivity (Wildman–Crippen MR) is 83.6 cm³/mol. The third-order valence-electron chi connectivity index (χ3n) is 3.03. The normalized spacial score (nSPS) is 9.50. The van der Waals surface area contributed by atoms with Gasteiger partial charge in [-0.1, -0.05) is 11.8 Å². The zero-order chi connectivity index (χ0) is 17.7. The number of rotatable bonds is 4. The number of carboxylic acids is 2. The molecule has 0 atom stereocenters. The van der Waals surface area contributed by atoms with Gasteiger partial charge < -0.3 is 10.2 Å². The lowest BCUT2D eigenvalue weighted by Crippen LogP contribution is -1.99. The summed E-state index contributed by atoms with van der Waals surface area (Å²) >= 11 is 0. The standard InChI is InChI=1S/C18H10O6/c19-9-13-3-11(5-15(7-13)17(21)22)1-2-12-4-14(10-20)8-16(6-12)18(23)24/h3-10H,(H,21,22)(H,23,24). The van der Waals surface area contributed by atoms with Crippen molar-refractivity contribution in [3.8, 4) is 11.8 Å². The van der Waals surface area contributed by atoms with Gasteiger partial charge in [-0.25, -0.2) is 9.59 Å². The van der Waals surface area contributed by atoms with E-state index in [1.165, 1.54) is 36.4 Å². The fourth-order valence-electron chi connectivity index (χ4n) is 1.98. The van der Waals surface area contributed by atoms with Crippen LogP contribution < -0.4 is 0 Å². The molecule has 2 aromatic rings. The van der Waals surface area contributed by atoms with Gasteiger partial charge in [-0.05, 0) is 36.4 Å². The molecule has 6 heteroatoms. The maximum Gasteiger partial charge on any atom is 0.335 e. The van der Waals surface area contributed by atoms with Crippen molar-refractivity contribution in [3.63, 3.8) is 0 Å². The van der Waals surface area contributed by atoms with Gasteiger partial charge in [0.05, 0.1) is 11.1 Å². The van der Waals surface area contributed by atoms with Gasteiger partial charge in [0, 0.05) is 22.3 Å². The van der Waals surface area contributed by atoms with Gasteiger partial charge in [-0.3, -0.25) is 9.59 Å². The summed E-state index contributed by atoms with van der Waals surface area (Å²) in [4.78, 5) is 43.8. The minimum atomic E-state index is -1.20. The zero-order valence-electron chi connectivity index (χ0n) is 12.1. The fraction of sp³-hybridized carbons (Fsp3) is 0. The molecule has 0 radical (unpaired) electrons. The first-order valence-corrected chi connectivity index (χ1v) is 6.62. The van der Waals surface area contributed by atoms with Gasteiger partial charge in [-0.15, -0.1) is 0 Å². The quantitative estimate of drug-likeness (QED) is 0.659. The van der Waals surface area contributed by atoms with Crippen LogP contribution in [0.5, 0.6) is 0 Å². The molecule has 0 aliphatic rings. The highest BCUT2D eigenvalue weighted by molar-refractivity contribution is 5.92. The van der Waals surface area contributed by atoms with Crippen molar-refractivity contribution in [3.05, 3.63) is 69.8 Å². The minimum Gasteiger partial charge on any atom is -0.478 e. The number of carboxylic acid groups (broad SMARTS) is 2. The molecule has 0 aliphatic carbocycles. The Labute approximate surface area is 136 Å². The van der Waals surface area contributed by atoms with Crippen molar-refractivity contribution >= 4 is 24.5 Å². The van der Waals surface area contributed by atoms with Gasteiger partial charge in [0.25, 0.3) is 0 Å². The summed E-state index contributed by atoms with van der Waals surface area (Å²) in [5.74, 6) is 2.94. The number of aromatic carboxylic acids is 2. The highest BCUT2D eigenvalue weighted by Crippen LogP contribution is 2.11. The molecule has 0 unspecified atom stereocenters. The molecule has 2 rings (SSSR count). The highest BCUT2D eigenvalue weighted by Gasteiger charge is 2.07. The van der Waals surface area contributed by atoms with Crippen LogP contribution in [-0.4, -0.2) is 34.7 Å². The number of carbonyl (C=O) groups is 4. The molecule has 2 N–H and O–H groups in total. The first-order chi connectivity index (χ1) is 11.4. The van der Waals surface area contributed by atoms with E-state index in [4.69, 9.17) is 10.2 Å². The molecule has 0 aliphatic heterocycles. The summed E-state index contributed by atoms with van der Waals surface area (Å²) in [6.07, 6.45) is 1.01. The molecule has 24 heavy (non-hydrogen) atoms. The average molecular weight is 322 g/mol. The highest BCUT2D eigenvalue weighted by atomic mass is 16.4. The first-order valence-electron chi connectivity index (χ1n) is 6.62. The number of hydrogen-bond donors (Lipinski definition) is 2. The van der Waals surface area contributed by atoms with Crippen LogP contribution in [0.25, 0.3) is 0 Å². The maximum atomic E-state index is 11.0. The third-order valence-corrected chi connectivity index (χ3v) is 3.03. The SMILES string of the molecule is O=Cc1cc(C#Cc2cc(C=O)cc(C(=O)O)c2)cc(C(=O)O)c1. The van der Waals surface area contributed by atoms with Crippen LogP contribution >= 0.6 is 0 Å². The largest absolute Gasteiger partial charge is 0.478 e. The second-order valence-corrected chi connectivity index (χ2v) is 4.78. The second-order valence-electron chi connectivity index (χ2n) is 4.78. The van der Waals surface area contributed by atoms with Crippen LogP contribution in [0.15, 0.2) is 36.4 Å². The molecular weight excluding hydrogens is 312 g/mol. The van der Waals surface area contributed by atoms with E-state index in [-0.39, 0.29) is 33.4 Å². The molecule has 0 heterocycles. The lowest BCUT2D eigenvalue weighted by Gasteiger charge is -2.00. The molecule has 118 valence electrons. The van der Waals surface area contributed by atoms with Crippen molar-refractivity contribution in [2.75, 3.05) is 0 Å². The van der Waals surface area contributed by atoms with Crippen LogP contribution in [0, 0.1) is 11.8 Å². The van der Waals surface area contributed by atoms with Crippen molar-refractivity contribution < 1.29 is 29.4 Å². The Bertz CT molecular complexity index is 841. The van der Waals surface area contributed by atoms with Gasteiger partial charge in [0.2, 0.25) is 0 Å². The summed E-state index contributed by atoms with van der Waals surface area (Å²) in [6.45, 7) is 0. The van der Waals surface area contributed by atoms with Crippen molar-refractivity contribution in [2.24, 2.45) is 0 Å². The number of hydrogen-bond acceptors (Lipinski definition) is 4. The van der Waals surface area contributed by atoms with E-state index < -0.39 is 11.9 Å². The third kappa shape index (κ3) is 3.93. The van der Waals surface area contributed by atoms with Gasteiger partial charge >= 0.3 is 11.9 Å². The Balaban J connectivity index is 2.50. The molecule has 0 spiro atoms. The summed E-state index contributed by atoms with van der Waals surface area (Å²) in [5, 5.41) is 18.0. The van der Waals surface area contributed by atoms with Crippen LogP contribution in [0.4, 0.5) is 0 Å². The lowest BCUT2D eigenvalue weighted by atomic mass is 10.0. The summed E-state index contributed by atoms with van der Waals surface area (Å²) in [5.41, 5.74) is 0.712. The Morgan fingerprint density at radius 2 is 1.08 bits per heavy atom.